The Bertz CT molecular complexity index is 295. The van der Waals surface area contributed by atoms with Crippen molar-refractivity contribution in [2.24, 2.45) is 0 Å². The molecule has 0 unspecified atom stereocenters. The summed E-state index contributed by atoms with van der Waals surface area (Å²) in [5.41, 5.74) is 1.91. The zero-order valence-corrected chi connectivity index (χ0v) is 8.17. The molecule has 1 aromatic carbocycles. The lowest BCUT2D eigenvalue weighted by Gasteiger charge is -2.29. The average Bonchev–Trinajstić information content (AvgIpc) is 2.30. The number of anilines is 1. The van der Waals surface area contributed by atoms with E-state index in [1.165, 1.54) is 0 Å². The van der Waals surface area contributed by atoms with Crippen molar-refractivity contribution in [3.05, 3.63) is 29.8 Å². The minimum absolute atomic E-state index is 0.375. The SMILES string of the molecule is FCc1cccc(N2CCNCC2)c1. The third-order valence-electron chi connectivity index (χ3n) is 2.55. The molecule has 0 amide bonds. The lowest BCUT2D eigenvalue weighted by atomic mass is 10.2. The molecule has 1 aromatic rings. The number of hydrogen-bond donors (Lipinski definition) is 1. The van der Waals surface area contributed by atoms with E-state index in [4.69, 9.17) is 0 Å². The molecule has 0 aromatic heterocycles. The quantitative estimate of drug-likeness (QED) is 0.768. The second-order valence-corrected chi connectivity index (χ2v) is 3.54. The first-order valence-electron chi connectivity index (χ1n) is 5.01. The molecular weight excluding hydrogens is 179 g/mol. The smallest absolute Gasteiger partial charge is 0.115 e. The van der Waals surface area contributed by atoms with Gasteiger partial charge < -0.3 is 10.2 Å². The van der Waals surface area contributed by atoms with Gasteiger partial charge in [0.25, 0.3) is 0 Å². The molecule has 1 fully saturated rings. The highest BCUT2D eigenvalue weighted by molar-refractivity contribution is 5.48. The predicted molar refractivity (Wildman–Crippen MR) is 56.3 cm³/mol. The van der Waals surface area contributed by atoms with E-state index in [0.29, 0.717) is 0 Å². The Kier molecular flexibility index (Phi) is 2.99. The lowest BCUT2D eigenvalue weighted by molar-refractivity contribution is 0.485. The van der Waals surface area contributed by atoms with Crippen LogP contribution in [0, 0.1) is 0 Å². The molecule has 1 saturated heterocycles. The van der Waals surface area contributed by atoms with Gasteiger partial charge in [0.15, 0.2) is 0 Å². The number of nitrogens with zero attached hydrogens (tertiary/aromatic N) is 1. The third-order valence-corrected chi connectivity index (χ3v) is 2.55. The molecule has 76 valence electrons. The first-order chi connectivity index (χ1) is 6.90. The fraction of sp³-hybridized carbons (Fsp3) is 0.455. The van der Waals surface area contributed by atoms with E-state index in [9.17, 15) is 4.39 Å². The van der Waals surface area contributed by atoms with Crippen molar-refractivity contribution in [3.63, 3.8) is 0 Å². The molecule has 0 aliphatic carbocycles. The maximum absolute atomic E-state index is 12.4. The van der Waals surface area contributed by atoms with Crippen LogP contribution in [0.15, 0.2) is 24.3 Å². The third kappa shape index (κ3) is 2.04. The highest BCUT2D eigenvalue weighted by Crippen LogP contribution is 2.17. The van der Waals surface area contributed by atoms with E-state index in [1.54, 1.807) is 0 Å². The summed E-state index contributed by atoms with van der Waals surface area (Å²) >= 11 is 0. The molecule has 1 N–H and O–H groups in total. The molecule has 1 aliphatic heterocycles. The average molecular weight is 194 g/mol. The van der Waals surface area contributed by atoms with Gasteiger partial charge in [-0.05, 0) is 17.7 Å². The van der Waals surface area contributed by atoms with Crippen LogP contribution in [0.5, 0.6) is 0 Å². The van der Waals surface area contributed by atoms with E-state index >= 15 is 0 Å². The predicted octanol–water partition coefficient (Wildman–Crippen LogP) is 1.57. The summed E-state index contributed by atoms with van der Waals surface area (Å²) in [7, 11) is 0. The summed E-state index contributed by atoms with van der Waals surface area (Å²) in [6.07, 6.45) is 0. The molecule has 0 atom stereocenters. The van der Waals surface area contributed by atoms with Gasteiger partial charge in [0.05, 0.1) is 0 Å². The summed E-state index contributed by atoms with van der Waals surface area (Å²) in [6, 6.07) is 7.73. The Morgan fingerprint density at radius 1 is 1.29 bits per heavy atom. The van der Waals surface area contributed by atoms with Gasteiger partial charge >= 0.3 is 0 Å². The van der Waals surface area contributed by atoms with Crippen molar-refractivity contribution in [1.29, 1.82) is 0 Å². The minimum Gasteiger partial charge on any atom is -0.369 e. The standard InChI is InChI=1S/C11H15FN2/c12-9-10-2-1-3-11(8-10)14-6-4-13-5-7-14/h1-3,8,13H,4-7,9H2. The Hall–Kier alpha value is -1.09. The number of piperazine rings is 1. The molecule has 1 heterocycles. The van der Waals surface area contributed by atoms with Gasteiger partial charge in [0.1, 0.15) is 6.67 Å². The van der Waals surface area contributed by atoms with E-state index in [-0.39, 0.29) is 6.67 Å². The molecule has 0 bridgehead atoms. The monoisotopic (exact) mass is 194 g/mol. The number of benzene rings is 1. The summed E-state index contributed by atoms with van der Waals surface area (Å²) in [4.78, 5) is 2.29. The molecule has 14 heavy (non-hydrogen) atoms. The summed E-state index contributed by atoms with van der Waals surface area (Å²) < 4.78 is 12.4. The van der Waals surface area contributed by atoms with Crippen molar-refractivity contribution in [2.45, 2.75) is 6.67 Å². The fourth-order valence-electron chi connectivity index (χ4n) is 1.76. The first-order valence-corrected chi connectivity index (χ1v) is 5.01. The number of halogens is 1. The maximum Gasteiger partial charge on any atom is 0.115 e. The second-order valence-electron chi connectivity index (χ2n) is 3.54. The minimum atomic E-state index is -0.375. The van der Waals surface area contributed by atoms with E-state index in [1.807, 2.05) is 24.3 Å². The van der Waals surface area contributed by atoms with Gasteiger partial charge in [0, 0.05) is 31.9 Å². The lowest BCUT2D eigenvalue weighted by Crippen LogP contribution is -2.43. The molecule has 2 nitrogen and oxygen atoms in total. The van der Waals surface area contributed by atoms with Gasteiger partial charge in [0.2, 0.25) is 0 Å². The largest absolute Gasteiger partial charge is 0.369 e. The molecular formula is C11H15FN2. The van der Waals surface area contributed by atoms with Crippen LogP contribution in [0.1, 0.15) is 5.56 Å². The Morgan fingerprint density at radius 2 is 2.07 bits per heavy atom. The number of nitrogens with one attached hydrogen (secondary N) is 1. The van der Waals surface area contributed by atoms with Gasteiger partial charge in [-0.2, -0.15) is 0 Å². The van der Waals surface area contributed by atoms with Gasteiger partial charge in [-0.1, -0.05) is 12.1 Å². The van der Waals surface area contributed by atoms with Crippen molar-refractivity contribution in [1.82, 2.24) is 5.32 Å². The zero-order chi connectivity index (χ0) is 9.80. The Morgan fingerprint density at radius 3 is 2.79 bits per heavy atom. The number of hydrogen-bond acceptors (Lipinski definition) is 2. The molecule has 0 radical (unpaired) electrons. The number of alkyl halides is 1. The van der Waals surface area contributed by atoms with Crippen LogP contribution in [0.3, 0.4) is 0 Å². The van der Waals surface area contributed by atoms with Crippen molar-refractivity contribution in [2.75, 3.05) is 31.1 Å². The van der Waals surface area contributed by atoms with Gasteiger partial charge in [-0.25, -0.2) is 4.39 Å². The molecule has 0 saturated carbocycles. The fourth-order valence-corrected chi connectivity index (χ4v) is 1.76. The molecule has 1 aliphatic rings. The van der Waals surface area contributed by atoms with Crippen LogP contribution in [-0.4, -0.2) is 26.2 Å². The zero-order valence-electron chi connectivity index (χ0n) is 8.17. The highest BCUT2D eigenvalue weighted by Gasteiger charge is 2.09. The summed E-state index contributed by atoms with van der Waals surface area (Å²) in [5, 5.41) is 3.30. The maximum atomic E-state index is 12.4. The van der Waals surface area contributed by atoms with Gasteiger partial charge in [-0.3, -0.25) is 0 Å². The molecule has 3 heteroatoms. The van der Waals surface area contributed by atoms with E-state index < -0.39 is 0 Å². The van der Waals surface area contributed by atoms with E-state index in [0.717, 1.165) is 37.4 Å². The molecule has 2 rings (SSSR count). The van der Waals surface area contributed by atoms with Crippen LogP contribution in [-0.2, 0) is 6.67 Å². The Labute approximate surface area is 83.7 Å². The number of rotatable bonds is 2. The van der Waals surface area contributed by atoms with Crippen LogP contribution in [0.4, 0.5) is 10.1 Å². The van der Waals surface area contributed by atoms with Crippen molar-refractivity contribution in [3.8, 4) is 0 Å². The van der Waals surface area contributed by atoms with Crippen LogP contribution >= 0.6 is 0 Å². The normalized spacial score (nSPS) is 17.1. The highest BCUT2D eigenvalue weighted by atomic mass is 19.1. The second kappa shape index (κ2) is 4.42. The van der Waals surface area contributed by atoms with Crippen molar-refractivity contribution >= 4 is 5.69 Å². The molecule has 0 spiro atoms. The van der Waals surface area contributed by atoms with Gasteiger partial charge in [-0.15, -0.1) is 0 Å². The summed E-state index contributed by atoms with van der Waals surface area (Å²) in [6.45, 7) is 3.67. The van der Waals surface area contributed by atoms with Crippen molar-refractivity contribution < 1.29 is 4.39 Å². The van der Waals surface area contributed by atoms with E-state index in [2.05, 4.69) is 10.2 Å². The van der Waals surface area contributed by atoms with Crippen LogP contribution < -0.4 is 10.2 Å². The Balaban J connectivity index is 2.13. The van der Waals surface area contributed by atoms with Crippen LogP contribution in [0.25, 0.3) is 0 Å². The topological polar surface area (TPSA) is 15.3 Å². The van der Waals surface area contributed by atoms with Crippen LogP contribution in [0.2, 0.25) is 0 Å². The first kappa shape index (κ1) is 9.46. The summed E-state index contributed by atoms with van der Waals surface area (Å²) in [5.74, 6) is 0.